The summed E-state index contributed by atoms with van der Waals surface area (Å²) < 4.78 is 0. The van der Waals surface area contributed by atoms with Crippen LogP contribution in [-0.2, 0) is 0 Å². The summed E-state index contributed by atoms with van der Waals surface area (Å²) in [7, 11) is -1.20. The van der Waals surface area contributed by atoms with Gasteiger partial charge in [-0.1, -0.05) is 0 Å². The molecule has 0 heterocycles. The Balaban J connectivity index is 3.54. The molecule has 0 unspecified atom stereocenters. The third-order valence-corrected chi connectivity index (χ3v) is 180. The van der Waals surface area contributed by atoms with Gasteiger partial charge in [0.15, 0.2) is 0 Å². The molecule has 0 aliphatic carbocycles. The van der Waals surface area contributed by atoms with E-state index < -0.39 is 14.5 Å². The molecule has 0 saturated carbocycles. The molecule has 0 atom stereocenters. The summed E-state index contributed by atoms with van der Waals surface area (Å²) in [5, 5.41) is 0. The van der Waals surface area contributed by atoms with E-state index in [1.54, 1.807) is 0 Å². The molecule has 0 aromatic heterocycles. The number of halogens is 5. The van der Waals surface area contributed by atoms with Crippen molar-refractivity contribution in [2.45, 2.75) is 0 Å². The summed E-state index contributed by atoms with van der Waals surface area (Å²) in [6.45, 7) is 0. The van der Waals surface area contributed by atoms with Gasteiger partial charge in [-0.15, -0.1) is 0 Å². The molecule has 0 aliphatic rings. The predicted molar refractivity (Wildman–Crippen MR) is 57.5 cm³/mol. The predicted octanol–water partition coefficient (Wildman–Crippen LogP) is 3.20. The molecule has 0 amide bonds. The van der Waals surface area contributed by atoms with Crippen LogP contribution in [0.3, 0.4) is 0 Å². The zero-order valence-corrected chi connectivity index (χ0v) is 15.4. The fourth-order valence-electron chi connectivity index (χ4n) is 0. The third-order valence-electron chi connectivity index (χ3n) is 0.247. The monoisotopic (exact) mass is 543 g/mol. The molecule has 0 N–H and O–H groups in total. The summed E-state index contributed by atoms with van der Waals surface area (Å²) in [6.07, 6.45) is 0. The molecule has 0 rings (SSSR count). The van der Waals surface area contributed by atoms with Crippen molar-refractivity contribution in [3.63, 3.8) is 0 Å². The first-order valence-corrected chi connectivity index (χ1v) is 34.9. The van der Waals surface area contributed by atoms with Gasteiger partial charge in [0.05, 0.1) is 0 Å². The summed E-state index contributed by atoms with van der Waals surface area (Å²) in [5.41, 5.74) is 0. The Morgan fingerprint density at radius 1 is 1.00 bits per heavy atom. The average molecular weight is 546 g/mol. The van der Waals surface area contributed by atoms with Crippen LogP contribution in [0, 0.1) is 0 Å². The summed E-state index contributed by atoms with van der Waals surface area (Å²) in [4.78, 5) is 0. The zero-order chi connectivity index (χ0) is 6.08. The molecule has 7 heavy (non-hydrogen) atoms. The van der Waals surface area contributed by atoms with Gasteiger partial charge in [-0.25, -0.2) is 0 Å². The molecule has 44 valence electrons. The van der Waals surface area contributed by atoms with Gasteiger partial charge < -0.3 is 0 Å². The van der Waals surface area contributed by atoms with Crippen molar-refractivity contribution in [1.29, 1.82) is 0 Å². The van der Waals surface area contributed by atoms with E-state index in [1.165, 1.54) is 0 Å². The number of rotatable bonds is 1. The summed E-state index contributed by atoms with van der Waals surface area (Å²) in [5.74, 6) is -1.71. The Labute approximate surface area is 82.5 Å². The van der Waals surface area contributed by atoms with Crippen molar-refractivity contribution < 1.29 is 0 Å². The van der Waals surface area contributed by atoms with Crippen LogP contribution < -0.4 is 0 Å². The third kappa shape index (κ3) is 5.91. The molecule has 0 fully saturated rings. The van der Waals surface area contributed by atoms with Crippen molar-refractivity contribution in [2.24, 2.45) is 0 Å². The molecule has 0 spiro atoms. The van der Waals surface area contributed by atoms with Gasteiger partial charge in [-0.05, 0) is 0 Å². The van der Waals surface area contributed by atoms with Crippen LogP contribution in [0.25, 0.3) is 0 Å². The van der Waals surface area contributed by atoms with E-state index >= 15 is 0 Å². The summed E-state index contributed by atoms with van der Waals surface area (Å²) in [6, 6.07) is 0. The van der Waals surface area contributed by atoms with Crippen molar-refractivity contribution in [3.05, 3.63) is 0 Å². The molecule has 0 nitrogen and oxygen atoms in total. The maximum atomic E-state index is 3.55. The molecule has 7 heteroatoms. The van der Waals surface area contributed by atoms with E-state index in [4.69, 9.17) is 0 Å². The minimum absolute atomic E-state index is 1.20. The molecule has 0 aromatic carbocycles. The Morgan fingerprint density at radius 3 is 1.14 bits per heavy atom. The van der Waals surface area contributed by atoms with Crippen LogP contribution >= 0.6 is 70.0 Å². The molecular formula is HBr5Ge2. The Morgan fingerprint density at radius 2 is 1.14 bits per heavy atom. The molecular weight excluding hydrogens is 545 g/mol. The second-order valence-corrected chi connectivity index (χ2v) is 118. The Hall–Kier alpha value is 3.49. The molecule has 0 bridgehead atoms. The molecule has 0 aromatic rings. The van der Waals surface area contributed by atoms with Gasteiger partial charge >= 0.3 is 84.5 Å². The Bertz CT molecular complexity index is 51.6. The van der Waals surface area contributed by atoms with E-state index in [0.717, 1.165) is 0 Å². The van der Waals surface area contributed by atoms with Crippen LogP contribution in [0.4, 0.5) is 0 Å². The second kappa shape index (κ2) is 4.38. The minimum atomic E-state index is -1.71. The SMILES string of the molecule is [Br][GeH]([Br])[Ge]([Br])([Br])[Br]. The fraction of sp³-hybridized carbons (Fsp3) is 0. The van der Waals surface area contributed by atoms with Crippen molar-refractivity contribution in [2.75, 3.05) is 0 Å². The number of hydrogen-bond donors (Lipinski definition) is 0. The van der Waals surface area contributed by atoms with Crippen molar-refractivity contribution in [3.8, 4) is 0 Å². The normalized spacial score (nSPS) is 12.9. The maximum absolute atomic E-state index is 3.55. The quantitative estimate of drug-likeness (QED) is 0.444. The molecule has 0 aliphatic heterocycles. The van der Waals surface area contributed by atoms with E-state index in [0.29, 0.717) is 0 Å². The van der Waals surface area contributed by atoms with Gasteiger partial charge in [0.1, 0.15) is 0 Å². The van der Waals surface area contributed by atoms with Crippen LogP contribution in [-0.4, -0.2) is 14.5 Å². The van der Waals surface area contributed by atoms with E-state index in [9.17, 15) is 0 Å². The van der Waals surface area contributed by atoms with E-state index in [2.05, 4.69) is 70.0 Å². The average Bonchev–Trinajstić information content (AvgIpc) is 1.31. The van der Waals surface area contributed by atoms with Crippen molar-refractivity contribution >= 4 is 84.5 Å². The summed E-state index contributed by atoms with van der Waals surface area (Å²) >= 11 is 17.7. The molecule has 0 radical (unpaired) electrons. The van der Waals surface area contributed by atoms with E-state index in [-0.39, 0.29) is 0 Å². The van der Waals surface area contributed by atoms with Crippen molar-refractivity contribution in [1.82, 2.24) is 0 Å². The second-order valence-electron chi connectivity index (χ2n) is 0.842. The van der Waals surface area contributed by atoms with Crippen LogP contribution in [0.15, 0.2) is 0 Å². The topological polar surface area (TPSA) is 0 Å². The molecule has 0 saturated heterocycles. The van der Waals surface area contributed by atoms with Crippen LogP contribution in [0.1, 0.15) is 0 Å². The van der Waals surface area contributed by atoms with Crippen LogP contribution in [0.5, 0.6) is 0 Å². The van der Waals surface area contributed by atoms with Gasteiger partial charge in [0.2, 0.25) is 0 Å². The first kappa shape index (κ1) is 10.5. The van der Waals surface area contributed by atoms with Crippen LogP contribution in [0.2, 0.25) is 0 Å². The van der Waals surface area contributed by atoms with Gasteiger partial charge in [0, 0.05) is 0 Å². The van der Waals surface area contributed by atoms with E-state index in [1.807, 2.05) is 0 Å². The first-order chi connectivity index (χ1) is 2.94. The zero-order valence-electron chi connectivity index (χ0n) is 2.97. The number of hydrogen-bond acceptors (Lipinski definition) is 0. The van der Waals surface area contributed by atoms with Gasteiger partial charge in [-0.3, -0.25) is 0 Å². The van der Waals surface area contributed by atoms with Gasteiger partial charge in [0.25, 0.3) is 0 Å². The first-order valence-electron chi connectivity index (χ1n) is 1.29. The van der Waals surface area contributed by atoms with Gasteiger partial charge in [-0.2, -0.15) is 0 Å². The Kier molecular flexibility index (Phi) is 6.56. The standard InChI is InChI=1S/Br5Ge2H/c1-6(2)7(3,4)5/h6H. The fourth-order valence-corrected chi connectivity index (χ4v) is 0.